The van der Waals surface area contributed by atoms with E-state index in [0.29, 0.717) is 31.1 Å². The smallest absolute Gasteiger partial charge is 0.231 e. The Morgan fingerprint density at radius 1 is 1.24 bits per heavy atom. The molecule has 0 bridgehead atoms. The molecular weight excluding hydrogens is 322 g/mol. The van der Waals surface area contributed by atoms with Gasteiger partial charge in [-0.2, -0.15) is 4.98 Å². The summed E-state index contributed by atoms with van der Waals surface area (Å²) < 4.78 is 15.9. The molecule has 1 aliphatic rings. The van der Waals surface area contributed by atoms with E-state index < -0.39 is 0 Å². The average Bonchev–Trinajstić information content (AvgIpc) is 3.20. The number of carbonyl (C=O) groups excluding carboxylic acids is 1. The van der Waals surface area contributed by atoms with Gasteiger partial charge in [-0.3, -0.25) is 4.79 Å². The summed E-state index contributed by atoms with van der Waals surface area (Å²) in [6.45, 7) is 6.81. The van der Waals surface area contributed by atoms with Crippen LogP contribution in [-0.4, -0.2) is 34.8 Å². The SMILES string of the molecule is CN(Cc1ccc2c(c1)OCO2)C(=O)CCc1nc(C(C)(C)C)no1. The van der Waals surface area contributed by atoms with E-state index in [9.17, 15) is 4.79 Å². The molecule has 7 nitrogen and oxygen atoms in total. The number of rotatable bonds is 5. The zero-order valence-electron chi connectivity index (χ0n) is 15.0. The first kappa shape index (κ1) is 17.3. The van der Waals surface area contributed by atoms with E-state index in [-0.39, 0.29) is 18.1 Å². The predicted octanol–water partition coefficient (Wildman–Crippen LogP) is 2.69. The van der Waals surface area contributed by atoms with Crippen LogP contribution in [0.3, 0.4) is 0 Å². The summed E-state index contributed by atoms with van der Waals surface area (Å²) in [4.78, 5) is 18.4. The Bertz CT molecular complexity index is 764. The van der Waals surface area contributed by atoms with E-state index in [1.165, 1.54) is 0 Å². The third-order valence-corrected chi connectivity index (χ3v) is 3.97. The molecule has 0 saturated heterocycles. The molecule has 0 N–H and O–H groups in total. The fourth-order valence-corrected chi connectivity index (χ4v) is 2.47. The summed E-state index contributed by atoms with van der Waals surface area (Å²) in [5.74, 6) is 2.63. The summed E-state index contributed by atoms with van der Waals surface area (Å²) >= 11 is 0. The molecule has 2 heterocycles. The lowest BCUT2D eigenvalue weighted by atomic mass is 9.96. The molecule has 1 aromatic carbocycles. The highest BCUT2D eigenvalue weighted by atomic mass is 16.7. The number of nitrogens with zero attached hydrogens (tertiary/aromatic N) is 3. The van der Waals surface area contributed by atoms with Crippen LogP contribution in [-0.2, 0) is 23.2 Å². The summed E-state index contributed by atoms with van der Waals surface area (Å²) in [5.41, 5.74) is 0.829. The van der Waals surface area contributed by atoms with E-state index in [4.69, 9.17) is 14.0 Å². The number of benzene rings is 1. The van der Waals surface area contributed by atoms with E-state index in [1.807, 2.05) is 39.0 Å². The summed E-state index contributed by atoms with van der Waals surface area (Å²) in [7, 11) is 1.78. The van der Waals surface area contributed by atoms with E-state index in [1.54, 1.807) is 11.9 Å². The molecule has 0 aliphatic carbocycles. The van der Waals surface area contributed by atoms with Gasteiger partial charge in [0.25, 0.3) is 0 Å². The Morgan fingerprint density at radius 3 is 2.72 bits per heavy atom. The number of carbonyl (C=O) groups is 1. The zero-order valence-corrected chi connectivity index (χ0v) is 15.0. The monoisotopic (exact) mass is 345 g/mol. The van der Waals surface area contributed by atoms with Crippen LogP contribution in [0.15, 0.2) is 22.7 Å². The quantitative estimate of drug-likeness (QED) is 0.829. The predicted molar refractivity (Wildman–Crippen MR) is 90.4 cm³/mol. The first-order valence-corrected chi connectivity index (χ1v) is 8.28. The fourth-order valence-electron chi connectivity index (χ4n) is 2.47. The van der Waals surface area contributed by atoms with Gasteiger partial charge in [0.1, 0.15) is 0 Å². The molecule has 0 fully saturated rings. The van der Waals surface area contributed by atoms with Crippen molar-refractivity contribution in [3.8, 4) is 11.5 Å². The maximum atomic E-state index is 12.3. The second kappa shape index (κ2) is 6.74. The minimum absolute atomic E-state index is 0.0215. The van der Waals surface area contributed by atoms with Crippen molar-refractivity contribution in [3.05, 3.63) is 35.5 Å². The Kier molecular flexibility index (Phi) is 4.65. The molecule has 25 heavy (non-hydrogen) atoms. The van der Waals surface area contributed by atoms with Gasteiger partial charge >= 0.3 is 0 Å². The molecule has 0 radical (unpaired) electrons. The summed E-state index contributed by atoms with van der Waals surface area (Å²) in [6.07, 6.45) is 0.764. The second-order valence-electron chi connectivity index (χ2n) is 7.20. The largest absolute Gasteiger partial charge is 0.454 e. The molecule has 0 saturated carbocycles. The van der Waals surface area contributed by atoms with Crippen molar-refractivity contribution in [1.82, 2.24) is 15.0 Å². The number of aryl methyl sites for hydroxylation is 1. The highest BCUT2D eigenvalue weighted by Crippen LogP contribution is 2.32. The van der Waals surface area contributed by atoms with Gasteiger partial charge in [-0.1, -0.05) is 32.0 Å². The highest BCUT2D eigenvalue weighted by molar-refractivity contribution is 5.76. The average molecular weight is 345 g/mol. The maximum Gasteiger partial charge on any atom is 0.231 e. The molecule has 1 amide bonds. The van der Waals surface area contributed by atoms with Crippen LogP contribution in [0.5, 0.6) is 11.5 Å². The molecule has 0 unspecified atom stereocenters. The third-order valence-electron chi connectivity index (χ3n) is 3.97. The van der Waals surface area contributed by atoms with Gasteiger partial charge in [0, 0.05) is 31.8 Å². The number of hydrogen-bond donors (Lipinski definition) is 0. The van der Waals surface area contributed by atoms with Crippen LogP contribution >= 0.6 is 0 Å². The van der Waals surface area contributed by atoms with Crippen molar-refractivity contribution < 1.29 is 18.8 Å². The third kappa shape index (κ3) is 4.10. The first-order chi connectivity index (χ1) is 11.8. The Balaban J connectivity index is 1.53. The van der Waals surface area contributed by atoms with Crippen LogP contribution in [0.2, 0.25) is 0 Å². The van der Waals surface area contributed by atoms with Gasteiger partial charge in [0.15, 0.2) is 17.3 Å². The van der Waals surface area contributed by atoms with Crippen molar-refractivity contribution >= 4 is 5.91 Å². The van der Waals surface area contributed by atoms with Crippen molar-refractivity contribution in [2.24, 2.45) is 0 Å². The molecule has 1 aromatic heterocycles. The minimum atomic E-state index is -0.165. The van der Waals surface area contributed by atoms with Crippen LogP contribution in [0.25, 0.3) is 0 Å². The summed E-state index contributed by atoms with van der Waals surface area (Å²) in [5, 5.41) is 3.97. The fraction of sp³-hybridized carbons (Fsp3) is 0.500. The molecule has 0 spiro atoms. The van der Waals surface area contributed by atoms with Gasteiger partial charge < -0.3 is 18.9 Å². The lowest BCUT2D eigenvalue weighted by Gasteiger charge is -2.17. The van der Waals surface area contributed by atoms with Crippen LogP contribution in [0.4, 0.5) is 0 Å². The number of fused-ring (bicyclic) bond motifs is 1. The standard InChI is InChI=1S/C18H23N3O4/c1-18(2,3)17-19-15(25-20-17)7-8-16(22)21(4)10-12-5-6-13-14(9-12)24-11-23-13/h5-6,9H,7-8,10-11H2,1-4H3. The zero-order chi connectivity index (χ0) is 18.0. The molecule has 134 valence electrons. The molecule has 3 rings (SSSR count). The van der Waals surface area contributed by atoms with Crippen LogP contribution in [0, 0.1) is 0 Å². The highest BCUT2D eigenvalue weighted by Gasteiger charge is 2.21. The van der Waals surface area contributed by atoms with Gasteiger partial charge in [-0.05, 0) is 17.7 Å². The number of aromatic nitrogens is 2. The molecule has 1 aliphatic heterocycles. The molecule has 7 heteroatoms. The van der Waals surface area contributed by atoms with Gasteiger partial charge in [0.2, 0.25) is 18.6 Å². The van der Waals surface area contributed by atoms with Crippen LogP contribution < -0.4 is 9.47 Å². The lowest BCUT2D eigenvalue weighted by Crippen LogP contribution is -2.26. The molecule has 2 aromatic rings. The first-order valence-electron chi connectivity index (χ1n) is 8.28. The molecule has 0 atom stereocenters. The van der Waals surface area contributed by atoms with Gasteiger partial charge in [0.05, 0.1) is 0 Å². The van der Waals surface area contributed by atoms with E-state index >= 15 is 0 Å². The Labute approximate surface area is 146 Å². The lowest BCUT2D eigenvalue weighted by molar-refractivity contribution is -0.130. The van der Waals surface area contributed by atoms with Crippen molar-refractivity contribution in [1.29, 1.82) is 0 Å². The minimum Gasteiger partial charge on any atom is -0.454 e. The van der Waals surface area contributed by atoms with Crippen molar-refractivity contribution in [3.63, 3.8) is 0 Å². The number of hydrogen-bond acceptors (Lipinski definition) is 6. The normalized spacial score (nSPS) is 13.1. The topological polar surface area (TPSA) is 77.7 Å². The number of ether oxygens (including phenoxy) is 2. The molecular formula is C18H23N3O4. The Morgan fingerprint density at radius 2 is 2.00 bits per heavy atom. The maximum absolute atomic E-state index is 12.3. The van der Waals surface area contributed by atoms with Crippen LogP contribution in [0.1, 0.15) is 44.5 Å². The summed E-state index contributed by atoms with van der Waals surface area (Å²) in [6, 6.07) is 5.70. The number of amides is 1. The van der Waals surface area contributed by atoms with Gasteiger partial charge in [-0.25, -0.2) is 0 Å². The van der Waals surface area contributed by atoms with E-state index in [2.05, 4.69) is 10.1 Å². The van der Waals surface area contributed by atoms with E-state index in [0.717, 1.165) is 17.1 Å². The second-order valence-corrected chi connectivity index (χ2v) is 7.20. The van der Waals surface area contributed by atoms with Gasteiger partial charge in [-0.15, -0.1) is 0 Å². The van der Waals surface area contributed by atoms with Crippen molar-refractivity contribution in [2.75, 3.05) is 13.8 Å². The van der Waals surface area contributed by atoms with Crippen molar-refractivity contribution in [2.45, 2.75) is 45.6 Å². The Hall–Kier alpha value is -2.57.